The van der Waals surface area contributed by atoms with Gasteiger partial charge in [0, 0.05) is 23.4 Å². The molecule has 1 heterocycles. The van der Waals surface area contributed by atoms with E-state index < -0.39 is 0 Å². The minimum Gasteiger partial charge on any atom is -0.326 e. The number of aromatic nitrogens is 1. The highest BCUT2D eigenvalue weighted by molar-refractivity contribution is 7.13. The van der Waals surface area contributed by atoms with Crippen LogP contribution in [0.5, 0.6) is 0 Å². The molecule has 6 heteroatoms. The van der Waals surface area contributed by atoms with Crippen molar-refractivity contribution >= 4 is 34.0 Å². The lowest BCUT2D eigenvalue weighted by molar-refractivity contribution is -0.116. The van der Waals surface area contributed by atoms with Crippen LogP contribution in [0.1, 0.15) is 39.0 Å². The summed E-state index contributed by atoms with van der Waals surface area (Å²) >= 11 is 1.43. The molecular formula is C17H21N3O2S. The molecule has 2 rings (SSSR count). The van der Waals surface area contributed by atoms with Crippen LogP contribution in [0.2, 0.25) is 0 Å². The average molecular weight is 331 g/mol. The fourth-order valence-electron chi connectivity index (χ4n) is 1.93. The smallest absolute Gasteiger partial charge is 0.230 e. The molecule has 2 amide bonds. The molecule has 0 radical (unpaired) electrons. The molecule has 0 atom stereocenters. The van der Waals surface area contributed by atoms with Gasteiger partial charge in [-0.2, -0.15) is 0 Å². The molecule has 0 unspecified atom stereocenters. The van der Waals surface area contributed by atoms with Gasteiger partial charge in [0.1, 0.15) is 0 Å². The first-order valence-corrected chi connectivity index (χ1v) is 8.24. The van der Waals surface area contributed by atoms with Crippen molar-refractivity contribution in [3.63, 3.8) is 0 Å². The van der Waals surface area contributed by atoms with Crippen molar-refractivity contribution in [2.75, 3.05) is 10.6 Å². The number of amides is 2. The van der Waals surface area contributed by atoms with E-state index in [1.807, 2.05) is 17.5 Å². The zero-order chi connectivity index (χ0) is 17.0. The molecule has 2 aromatic rings. The van der Waals surface area contributed by atoms with Gasteiger partial charge in [0.25, 0.3) is 0 Å². The van der Waals surface area contributed by atoms with Gasteiger partial charge < -0.3 is 10.6 Å². The minimum absolute atomic E-state index is 0.0287. The van der Waals surface area contributed by atoms with Crippen molar-refractivity contribution in [3.8, 4) is 0 Å². The van der Waals surface area contributed by atoms with Crippen LogP contribution in [-0.2, 0) is 21.4 Å². The highest BCUT2D eigenvalue weighted by Gasteiger charge is 2.18. The molecule has 0 spiro atoms. The van der Waals surface area contributed by atoms with Crippen LogP contribution in [0.3, 0.4) is 0 Å². The second-order valence-corrected chi connectivity index (χ2v) is 7.25. The van der Waals surface area contributed by atoms with E-state index in [4.69, 9.17) is 0 Å². The van der Waals surface area contributed by atoms with Crippen molar-refractivity contribution in [1.29, 1.82) is 0 Å². The summed E-state index contributed by atoms with van der Waals surface area (Å²) in [4.78, 5) is 27.5. The maximum absolute atomic E-state index is 12.1. The molecule has 0 bridgehead atoms. The number of benzene rings is 1. The van der Waals surface area contributed by atoms with Crippen LogP contribution in [-0.4, -0.2) is 16.8 Å². The van der Waals surface area contributed by atoms with Gasteiger partial charge in [-0.1, -0.05) is 32.9 Å². The molecule has 1 aromatic heterocycles. The van der Waals surface area contributed by atoms with Crippen LogP contribution in [0.4, 0.5) is 10.8 Å². The van der Waals surface area contributed by atoms with E-state index in [0.717, 1.165) is 16.9 Å². The standard InChI is InChI=1S/C17H21N3O2S/c1-11(21)18-13-7-5-12(6-8-13)9-15(22)20-16-19-14(10-23-16)17(2,3)4/h5-8,10H,9H2,1-4H3,(H,18,21)(H,19,20,22). The summed E-state index contributed by atoms with van der Waals surface area (Å²) in [5.74, 6) is -0.221. The largest absolute Gasteiger partial charge is 0.326 e. The van der Waals surface area contributed by atoms with E-state index in [1.54, 1.807) is 12.1 Å². The number of nitrogens with zero attached hydrogens (tertiary/aromatic N) is 1. The SMILES string of the molecule is CC(=O)Nc1ccc(CC(=O)Nc2nc(C(C)(C)C)cs2)cc1. The molecular weight excluding hydrogens is 310 g/mol. The van der Waals surface area contributed by atoms with E-state index in [2.05, 4.69) is 36.4 Å². The van der Waals surface area contributed by atoms with Crippen molar-refractivity contribution in [3.05, 3.63) is 40.9 Å². The van der Waals surface area contributed by atoms with Crippen LogP contribution < -0.4 is 10.6 Å². The Morgan fingerprint density at radius 3 is 2.30 bits per heavy atom. The zero-order valence-corrected chi connectivity index (χ0v) is 14.6. The molecule has 2 N–H and O–H groups in total. The number of carbonyl (C=O) groups is 2. The zero-order valence-electron chi connectivity index (χ0n) is 13.8. The van der Waals surface area contributed by atoms with Gasteiger partial charge in [0.2, 0.25) is 11.8 Å². The van der Waals surface area contributed by atoms with Gasteiger partial charge in [-0.25, -0.2) is 4.98 Å². The quantitative estimate of drug-likeness (QED) is 0.899. The van der Waals surface area contributed by atoms with Gasteiger partial charge in [-0.3, -0.25) is 9.59 Å². The molecule has 5 nitrogen and oxygen atoms in total. The molecule has 0 aliphatic rings. The summed E-state index contributed by atoms with van der Waals surface area (Å²) in [5, 5.41) is 8.11. The first kappa shape index (κ1) is 17.1. The summed E-state index contributed by atoms with van der Waals surface area (Å²) in [6.45, 7) is 7.72. The van der Waals surface area contributed by atoms with Gasteiger partial charge >= 0.3 is 0 Å². The van der Waals surface area contributed by atoms with Gasteiger partial charge in [-0.05, 0) is 17.7 Å². The van der Waals surface area contributed by atoms with E-state index in [-0.39, 0.29) is 23.7 Å². The van der Waals surface area contributed by atoms with E-state index >= 15 is 0 Å². The number of thiazole rings is 1. The summed E-state index contributed by atoms with van der Waals surface area (Å²) in [6, 6.07) is 7.22. The monoisotopic (exact) mass is 331 g/mol. The van der Waals surface area contributed by atoms with Crippen molar-refractivity contribution in [2.45, 2.75) is 39.5 Å². The second kappa shape index (κ2) is 6.91. The fourth-order valence-corrected chi connectivity index (χ4v) is 2.89. The van der Waals surface area contributed by atoms with Gasteiger partial charge in [-0.15, -0.1) is 11.3 Å². The average Bonchev–Trinajstić information content (AvgIpc) is 2.89. The topological polar surface area (TPSA) is 71.1 Å². The first-order chi connectivity index (χ1) is 10.7. The fraction of sp³-hybridized carbons (Fsp3) is 0.353. The maximum atomic E-state index is 12.1. The van der Waals surface area contributed by atoms with Crippen molar-refractivity contribution in [2.24, 2.45) is 0 Å². The Bertz CT molecular complexity index is 699. The summed E-state index contributed by atoms with van der Waals surface area (Å²) in [6.07, 6.45) is 0.269. The third-order valence-electron chi connectivity index (χ3n) is 3.16. The summed E-state index contributed by atoms with van der Waals surface area (Å²) < 4.78 is 0. The molecule has 122 valence electrons. The first-order valence-electron chi connectivity index (χ1n) is 7.36. The second-order valence-electron chi connectivity index (χ2n) is 6.39. The molecule has 0 aliphatic heterocycles. The summed E-state index contributed by atoms with van der Waals surface area (Å²) in [5.41, 5.74) is 2.54. The molecule has 23 heavy (non-hydrogen) atoms. The highest BCUT2D eigenvalue weighted by atomic mass is 32.1. The molecule has 1 aromatic carbocycles. The summed E-state index contributed by atoms with van der Waals surface area (Å²) in [7, 11) is 0. The molecule has 0 saturated heterocycles. The van der Waals surface area contributed by atoms with Gasteiger partial charge in [0.15, 0.2) is 5.13 Å². The third-order valence-corrected chi connectivity index (χ3v) is 3.92. The van der Waals surface area contributed by atoms with Crippen molar-refractivity contribution < 1.29 is 9.59 Å². The lowest BCUT2D eigenvalue weighted by atomic mass is 9.93. The van der Waals surface area contributed by atoms with E-state index in [9.17, 15) is 9.59 Å². The lowest BCUT2D eigenvalue weighted by Crippen LogP contribution is -2.15. The van der Waals surface area contributed by atoms with Gasteiger partial charge in [0.05, 0.1) is 12.1 Å². The van der Waals surface area contributed by atoms with Crippen LogP contribution in [0.15, 0.2) is 29.6 Å². The predicted octanol–water partition coefficient (Wildman–Crippen LogP) is 3.58. The van der Waals surface area contributed by atoms with Crippen LogP contribution in [0.25, 0.3) is 0 Å². The molecule has 0 aliphatic carbocycles. The lowest BCUT2D eigenvalue weighted by Gasteiger charge is -2.14. The Hall–Kier alpha value is -2.21. The van der Waals surface area contributed by atoms with E-state index in [1.165, 1.54) is 18.3 Å². The number of hydrogen-bond acceptors (Lipinski definition) is 4. The Balaban J connectivity index is 1.94. The Morgan fingerprint density at radius 2 is 1.78 bits per heavy atom. The normalized spacial score (nSPS) is 11.1. The Morgan fingerprint density at radius 1 is 1.13 bits per heavy atom. The predicted molar refractivity (Wildman–Crippen MR) is 93.9 cm³/mol. The van der Waals surface area contributed by atoms with Crippen molar-refractivity contribution in [1.82, 2.24) is 4.98 Å². The molecule has 0 fully saturated rings. The Kier molecular flexibility index (Phi) is 5.15. The molecule has 0 saturated carbocycles. The number of carbonyl (C=O) groups excluding carboxylic acids is 2. The minimum atomic E-state index is -0.117. The van der Waals surface area contributed by atoms with Crippen LogP contribution in [0, 0.1) is 0 Å². The number of nitrogens with one attached hydrogen (secondary N) is 2. The van der Waals surface area contributed by atoms with Crippen LogP contribution >= 0.6 is 11.3 Å². The third kappa shape index (κ3) is 5.17. The number of anilines is 2. The number of rotatable bonds is 4. The highest BCUT2D eigenvalue weighted by Crippen LogP contribution is 2.26. The number of hydrogen-bond donors (Lipinski definition) is 2. The maximum Gasteiger partial charge on any atom is 0.230 e. The van der Waals surface area contributed by atoms with E-state index in [0.29, 0.717) is 5.13 Å². The Labute approximate surface area is 140 Å².